The number of nitrogens with zero attached hydrogens (tertiary/aromatic N) is 4. The van der Waals surface area contributed by atoms with Gasteiger partial charge in [-0.3, -0.25) is 0 Å². The number of ether oxygens (including phenoxy) is 2. The third-order valence-corrected chi connectivity index (χ3v) is 3.54. The van der Waals surface area contributed by atoms with Gasteiger partial charge in [0.25, 0.3) is 0 Å². The zero-order chi connectivity index (χ0) is 16.2. The highest BCUT2D eigenvalue weighted by molar-refractivity contribution is 9.10. The van der Waals surface area contributed by atoms with E-state index >= 15 is 0 Å². The van der Waals surface area contributed by atoms with Crippen molar-refractivity contribution in [1.82, 2.24) is 19.7 Å². The average molecular weight is 375 g/mol. The Kier molecular flexibility index (Phi) is 4.57. The van der Waals surface area contributed by atoms with Gasteiger partial charge in [-0.15, -0.1) is 0 Å². The molecule has 7 heteroatoms. The van der Waals surface area contributed by atoms with Crippen molar-refractivity contribution in [3.63, 3.8) is 0 Å². The highest BCUT2D eigenvalue weighted by Gasteiger charge is 2.07. The molecule has 0 spiro atoms. The molecule has 0 fully saturated rings. The molecule has 1 aromatic carbocycles. The zero-order valence-electron chi connectivity index (χ0n) is 12.7. The number of hydrogen-bond acceptors (Lipinski definition) is 5. The van der Waals surface area contributed by atoms with Crippen LogP contribution in [0.4, 0.5) is 0 Å². The molecule has 0 saturated carbocycles. The van der Waals surface area contributed by atoms with E-state index in [4.69, 9.17) is 9.47 Å². The van der Waals surface area contributed by atoms with Crippen LogP contribution in [0.3, 0.4) is 0 Å². The summed E-state index contributed by atoms with van der Waals surface area (Å²) in [6.07, 6.45) is 3.53. The minimum absolute atomic E-state index is 0.419. The molecule has 6 nitrogen and oxygen atoms in total. The normalized spacial score (nSPS) is 10.6. The fourth-order valence-electron chi connectivity index (χ4n) is 2.02. The molecule has 0 aliphatic carbocycles. The van der Waals surface area contributed by atoms with E-state index in [1.165, 1.54) is 0 Å². The summed E-state index contributed by atoms with van der Waals surface area (Å²) in [5.41, 5.74) is 1.03. The van der Waals surface area contributed by atoms with Crippen LogP contribution < -0.4 is 9.47 Å². The van der Waals surface area contributed by atoms with Crippen molar-refractivity contribution in [2.24, 2.45) is 0 Å². The van der Waals surface area contributed by atoms with Crippen LogP contribution in [-0.4, -0.2) is 26.9 Å². The first kappa shape index (κ1) is 15.5. The zero-order valence-corrected chi connectivity index (χ0v) is 14.3. The Bertz CT molecular complexity index is 802. The molecular weight excluding hydrogens is 360 g/mol. The maximum Gasteiger partial charge on any atom is 0.219 e. The van der Waals surface area contributed by atoms with Gasteiger partial charge in [0.1, 0.15) is 18.2 Å². The van der Waals surface area contributed by atoms with E-state index in [1.807, 2.05) is 37.4 Å². The van der Waals surface area contributed by atoms with Gasteiger partial charge >= 0.3 is 0 Å². The molecule has 2 aromatic heterocycles. The summed E-state index contributed by atoms with van der Waals surface area (Å²) in [6, 6.07) is 9.47. The van der Waals surface area contributed by atoms with Gasteiger partial charge in [-0.1, -0.05) is 12.1 Å². The molecule has 0 N–H and O–H groups in total. The first-order valence-corrected chi connectivity index (χ1v) is 7.75. The molecule has 0 radical (unpaired) electrons. The van der Waals surface area contributed by atoms with Gasteiger partial charge in [0.05, 0.1) is 17.8 Å². The molecule has 0 unspecified atom stereocenters. The van der Waals surface area contributed by atoms with Crippen molar-refractivity contribution < 1.29 is 9.47 Å². The Morgan fingerprint density at radius 1 is 1.17 bits per heavy atom. The predicted molar refractivity (Wildman–Crippen MR) is 88.9 cm³/mol. The van der Waals surface area contributed by atoms with Crippen LogP contribution >= 0.6 is 15.9 Å². The Labute approximate surface area is 142 Å². The molecule has 0 aliphatic heterocycles. The quantitative estimate of drug-likeness (QED) is 0.685. The maximum absolute atomic E-state index is 5.77. The van der Waals surface area contributed by atoms with Gasteiger partial charge in [0.15, 0.2) is 5.82 Å². The number of aromatic nitrogens is 4. The minimum Gasteiger partial charge on any atom is -0.497 e. The first-order valence-electron chi connectivity index (χ1n) is 6.96. The molecule has 2 heterocycles. The molecule has 23 heavy (non-hydrogen) atoms. The van der Waals surface area contributed by atoms with Gasteiger partial charge in [0.2, 0.25) is 5.88 Å². The van der Waals surface area contributed by atoms with E-state index < -0.39 is 0 Å². The summed E-state index contributed by atoms with van der Waals surface area (Å²) in [4.78, 5) is 8.67. The minimum atomic E-state index is 0.419. The van der Waals surface area contributed by atoms with Gasteiger partial charge in [-0.25, -0.2) is 9.67 Å². The van der Waals surface area contributed by atoms with Gasteiger partial charge in [0, 0.05) is 12.3 Å². The second-order valence-electron chi connectivity index (χ2n) is 4.85. The van der Waals surface area contributed by atoms with Crippen molar-refractivity contribution >= 4 is 15.9 Å². The van der Waals surface area contributed by atoms with Crippen molar-refractivity contribution in [2.45, 2.75) is 13.5 Å². The monoisotopic (exact) mass is 374 g/mol. The molecule has 0 saturated heterocycles. The second kappa shape index (κ2) is 6.78. The molecule has 0 bridgehead atoms. The van der Waals surface area contributed by atoms with E-state index in [0.717, 1.165) is 15.8 Å². The van der Waals surface area contributed by atoms with Crippen molar-refractivity contribution in [2.75, 3.05) is 7.11 Å². The third kappa shape index (κ3) is 3.87. The number of methoxy groups -OCH3 is 1. The lowest BCUT2D eigenvalue weighted by molar-refractivity contribution is 0.292. The Balaban J connectivity index is 1.75. The van der Waals surface area contributed by atoms with Crippen molar-refractivity contribution in [3.05, 3.63) is 58.6 Å². The van der Waals surface area contributed by atoms with Gasteiger partial charge < -0.3 is 9.47 Å². The molecule has 3 rings (SSSR count). The summed E-state index contributed by atoms with van der Waals surface area (Å²) < 4.78 is 13.5. The second-order valence-corrected chi connectivity index (χ2v) is 5.77. The summed E-state index contributed by atoms with van der Waals surface area (Å²) >= 11 is 3.37. The summed E-state index contributed by atoms with van der Waals surface area (Å²) in [5, 5.41) is 4.22. The van der Waals surface area contributed by atoms with E-state index in [0.29, 0.717) is 24.1 Å². The number of hydrogen-bond donors (Lipinski definition) is 0. The van der Waals surface area contributed by atoms with Gasteiger partial charge in [-0.05, 0) is 40.5 Å². The molecule has 118 valence electrons. The smallest absolute Gasteiger partial charge is 0.219 e. The topological polar surface area (TPSA) is 62.1 Å². The van der Waals surface area contributed by atoms with Gasteiger partial charge in [-0.2, -0.15) is 10.1 Å². The maximum atomic E-state index is 5.77. The van der Waals surface area contributed by atoms with Crippen LogP contribution in [-0.2, 0) is 6.61 Å². The average Bonchev–Trinajstić information content (AvgIpc) is 2.99. The van der Waals surface area contributed by atoms with Crippen LogP contribution in [0.5, 0.6) is 11.6 Å². The van der Waals surface area contributed by atoms with E-state index in [-0.39, 0.29) is 0 Å². The molecular formula is C16H15BrN4O2. The molecule has 0 aliphatic rings. The molecule has 0 atom stereocenters. The van der Waals surface area contributed by atoms with Crippen LogP contribution in [0.15, 0.2) is 47.2 Å². The highest BCUT2D eigenvalue weighted by atomic mass is 79.9. The highest BCUT2D eigenvalue weighted by Crippen LogP contribution is 2.17. The summed E-state index contributed by atoms with van der Waals surface area (Å²) in [5.74, 6) is 2.61. The van der Waals surface area contributed by atoms with E-state index in [1.54, 1.807) is 24.1 Å². The Morgan fingerprint density at radius 3 is 2.61 bits per heavy atom. The van der Waals surface area contributed by atoms with Crippen LogP contribution in [0.25, 0.3) is 5.82 Å². The SMILES string of the molecule is COc1ccc(COc2cc(-n3cc(Br)cn3)nc(C)n2)cc1. The van der Waals surface area contributed by atoms with E-state index in [9.17, 15) is 0 Å². The number of aryl methyl sites for hydroxylation is 1. The van der Waals surface area contributed by atoms with Crippen LogP contribution in [0.1, 0.15) is 11.4 Å². The lowest BCUT2D eigenvalue weighted by Crippen LogP contribution is -2.04. The van der Waals surface area contributed by atoms with Crippen molar-refractivity contribution in [1.29, 1.82) is 0 Å². The lowest BCUT2D eigenvalue weighted by Gasteiger charge is -2.08. The number of halogens is 1. The largest absolute Gasteiger partial charge is 0.497 e. The fraction of sp³-hybridized carbons (Fsp3) is 0.188. The summed E-state index contributed by atoms with van der Waals surface area (Å²) in [7, 11) is 1.64. The standard InChI is InChI=1S/C16H15BrN4O2/c1-11-19-15(21-9-13(17)8-18-21)7-16(20-11)23-10-12-3-5-14(22-2)6-4-12/h3-9H,10H2,1-2H3. The lowest BCUT2D eigenvalue weighted by atomic mass is 10.2. The number of benzene rings is 1. The third-order valence-electron chi connectivity index (χ3n) is 3.13. The Morgan fingerprint density at radius 2 is 1.96 bits per heavy atom. The molecule has 3 aromatic rings. The Hall–Kier alpha value is -2.41. The van der Waals surface area contributed by atoms with Crippen LogP contribution in [0, 0.1) is 6.92 Å². The predicted octanol–water partition coefficient (Wildman–Crippen LogP) is 3.32. The summed E-state index contributed by atoms with van der Waals surface area (Å²) in [6.45, 7) is 2.24. The van der Waals surface area contributed by atoms with E-state index in [2.05, 4.69) is 31.0 Å². The van der Waals surface area contributed by atoms with Crippen molar-refractivity contribution in [3.8, 4) is 17.4 Å². The fourth-order valence-corrected chi connectivity index (χ4v) is 2.31. The first-order chi connectivity index (χ1) is 11.1. The molecule has 0 amide bonds. The van der Waals surface area contributed by atoms with Crippen LogP contribution in [0.2, 0.25) is 0 Å². The number of rotatable bonds is 5.